The zero-order valence-corrected chi connectivity index (χ0v) is 13.0. The molecular formula is C16H25ClFN. The van der Waals surface area contributed by atoms with Gasteiger partial charge in [-0.2, -0.15) is 0 Å². The van der Waals surface area contributed by atoms with Gasteiger partial charge in [-0.25, -0.2) is 4.39 Å². The van der Waals surface area contributed by atoms with Crippen molar-refractivity contribution in [3.05, 3.63) is 34.6 Å². The third kappa shape index (κ3) is 4.77. The van der Waals surface area contributed by atoms with Crippen molar-refractivity contribution in [1.82, 2.24) is 5.32 Å². The predicted octanol–water partition coefficient (Wildman–Crippen LogP) is 4.83. The van der Waals surface area contributed by atoms with E-state index in [0.29, 0.717) is 5.02 Å². The maximum atomic E-state index is 13.4. The summed E-state index contributed by atoms with van der Waals surface area (Å²) < 4.78 is 13.4. The first kappa shape index (κ1) is 16.5. The SMILES string of the molecule is CCCNCC(CC)(CC)Cc1cc(F)ccc1Cl. The Morgan fingerprint density at radius 3 is 2.47 bits per heavy atom. The first-order valence-corrected chi connectivity index (χ1v) is 7.59. The average Bonchev–Trinajstić information content (AvgIpc) is 2.42. The summed E-state index contributed by atoms with van der Waals surface area (Å²) in [7, 11) is 0. The minimum atomic E-state index is -0.206. The van der Waals surface area contributed by atoms with Crippen LogP contribution in [0.3, 0.4) is 0 Å². The van der Waals surface area contributed by atoms with Gasteiger partial charge in [0.05, 0.1) is 0 Å². The van der Waals surface area contributed by atoms with Crippen LogP contribution < -0.4 is 5.32 Å². The molecule has 0 unspecified atom stereocenters. The molecule has 0 spiro atoms. The van der Waals surface area contributed by atoms with Crippen LogP contribution in [0.2, 0.25) is 5.02 Å². The van der Waals surface area contributed by atoms with Crippen LogP contribution in [0, 0.1) is 11.2 Å². The van der Waals surface area contributed by atoms with E-state index < -0.39 is 0 Å². The molecule has 108 valence electrons. The van der Waals surface area contributed by atoms with Crippen LogP contribution in [-0.4, -0.2) is 13.1 Å². The van der Waals surface area contributed by atoms with Gasteiger partial charge in [0.15, 0.2) is 0 Å². The van der Waals surface area contributed by atoms with Crippen LogP contribution in [-0.2, 0) is 6.42 Å². The van der Waals surface area contributed by atoms with Gasteiger partial charge in [0.1, 0.15) is 5.82 Å². The molecule has 0 fully saturated rings. The molecule has 1 rings (SSSR count). The molecule has 1 aromatic carbocycles. The standard InChI is InChI=1S/C16H25ClFN/c1-4-9-19-12-16(5-2,6-3)11-13-10-14(18)7-8-15(13)17/h7-8,10,19H,4-6,9,11-12H2,1-3H3. The Morgan fingerprint density at radius 2 is 1.89 bits per heavy atom. The van der Waals surface area contributed by atoms with Gasteiger partial charge >= 0.3 is 0 Å². The van der Waals surface area contributed by atoms with Crippen molar-refractivity contribution in [2.45, 2.75) is 46.5 Å². The van der Waals surface area contributed by atoms with Gasteiger partial charge in [0.2, 0.25) is 0 Å². The maximum absolute atomic E-state index is 13.4. The summed E-state index contributed by atoms with van der Waals surface area (Å²) in [5.41, 5.74) is 1.08. The van der Waals surface area contributed by atoms with Gasteiger partial charge in [-0.15, -0.1) is 0 Å². The Balaban J connectivity index is 2.84. The number of hydrogen-bond acceptors (Lipinski definition) is 1. The van der Waals surface area contributed by atoms with Crippen molar-refractivity contribution < 1.29 is 4.39 Å². The lowest BCUT2D eigenvalue weighted by Gasteiger charge is -2.32. The quantitative estimate of drug-likeness (QED) is 0.675. The number of rotatable bonds is 8. The van der Waals surface area contributed by atoms with Crippen molar-refractivity contribution in [1.29, 1.82) is 0 Å². The van der Waals surface area contributed by atoms with E-state index in [1.165, 1.54) is 6.07 Å². The second-order valence-corrected chi connectivity index (χ2v) is 5.70. The first-order valence-electron chi connectivity index (χ1n) is 7.21. The van der Waals surface area contributed by atoms with E-state index in [1.54, 1.807) is 12.1 Å². The summed E-state index contributed by atoms with van der Waals surface area (Å²) in [6.07, 6.45) is 4.08. The summed E-state index contributed by atoms with van der Waals surface area (Å²) in [5, 5.41) is 4.16. The molecule has 3 heteroatoms. The third-order valence-corrected chi connectivity index (χ3v) is 4.37. The molecule has 0 heterocycles. The van der Waals surface area contributed by atoms with E-state index in [1.807, 2.05) is 0 Å². The number of benzene rings is 1. The van der Waals surface area contributed by atoms with E-state index in [4.69, 9.17) is 11.6 Å². The number of halogens is 2. The summed E-state index contributed by atoms with van der Waals surface area (Å²) in [5.74, 6) is -0.206. The Bertz CT molecular complexity index is 388. The van der Waals surface area contributed by atoms with Crippen LogP contribution in [0.4, 0.5) is 4.39 Å². The van der Waals surface area contributed by atoms with E-state index in [2.05, 4.69) is 26.1 Å². The Labute approximate surface area is 121 Å². The number of hydrogen-bond donors (Lipinski definition) is 1. The average molecular weight is 286 g/mol. The summed E-state index contributed by atoms with van der Waals surface area (Å²) >= 11 is 6.19. The molecule has 19 heavy (non-hydrogen) atoms. The Morgan fingerprint density at radius 1 is 1.21 bits per heavy atom. The normalized spacial score (nSPS) is 11.8. The van der Waals surface area contributed by atoms with Crippen molar-refractivity contribution >= 4 is 11.6 Å². The van der Waals surface area contributed by atoms with Crippen LogP contribution >= 0.6 is 11.6 Å². The number of nitrogens with one attached hydrogen (secondary N) is 1. The lowest BCUT2D eigenvalue weighted by atomic mass is 9.77. The molecule has 0 aliphatic carbocycles. The van der Waals surface area contributed by atoms with E-state index in [0.717, 1.165) is 44.3 Å². The second-order valence-electron chi connectivity index (χ2n) is 5.30. The predicted molar refractivity (Wildman–Crippen MR) is 81.3 cm³/mol. The lowest BCUT2D eigenvalue weighted by molar-refractivity contribution is 0.246. The molecule has 1 aromatic rings. The maximum Gasteiger partial charge on any atom is 0.123 e. The molecule has 0 aliphatic heterocycles. The molecule has 0 atom stereocenters. The van der Waals surface area contributed by atoms with Crippen LogP contribution in [0.1, 0.15) is 45.6 Å². The fourth-order valence-electron chi connectivity index (χ4n) is 2.43. The Hall–Kier alpha value is -0.600. The van der Waals surface area contributed by atoms with E-state index in [-0.39, 0.29) is 11.2 Å². The third-order valence-electron chi connectivity index (χ3n) is 4.00. The van der Waals surface area contributed by atoms with Crippen LogP contribution in [0.15, 0.2) is 18.2 Å². The van der Waals surface area contributed by atoms with Gasteiger partial charge in [-0.3, -0.25) is 0 Å². The Kier molecular flexibility index (Phi) is 6.81. The van der Waals surface area contributed by atoms with E-state index >= 15 is 0 Å². The molecular weight excluding hydrogens is 261 g/mol. The van der Waals surface area contributed by atoms with Gasteiger partial charge in [-0.1, -0.05) is 32.4 Å². The molecule has 0 bridgehead atoms. The summed E-state index contributed by atoms with van der Waals surface area (Å²) in [6, 6.07) is 4.64. The van der Waals surface area contributed by atoms with Crippen LogP contribution in [0.25, 0.3) is 0 Å². The molecule has 1 N–H and O–H groups in total. The highest BCUT2D eigenvalue weighted by molar-refractivity contribution is 6.31. The van der Waals surface area contributed by atoms with E-state index in [9.17, 15) is 4.39 Å². The molecule has 0 saturated heterocycles. The van der Waals surface area contributed by atoms with Gasteiger partial charge in [0.25, 0.3) is 0 Å². The zero-order chi connectivity index (χ0) is 14.3. The van der Waals surface area contributed by atoms with Gasteiger partial charge in [-0.05, 0) is 61.4 Å². The van der Waals surface area contributed by atoms with Gasteiger partial charge in [0, 0.05) is 11.6 Å². The highest BCUT2D eigenvalue weighted by Crippen LogP contribution is 2.33. The molecule has 1 nitrogen and oxygen atoms in total. The summed E-state index contributed by atoms with van der Waals surface area (Å²) in [6.45, 7) is 8.55. The molecule has 0 aliphatic rings. The topological polar surface area (TPSA) is 12.0 Å². The van der Waals surface area contributed by atoms with Crippen molar-refractivity contribution in [3.63, 3.8) is 0 Å². The highest BCUT2D eigenvalue weighted by Gasteiger charge is 2.27. The molecule has 0 saturated carbocycles. The van der Waals surface area contributed by atoms with Crippen molar-refractivity contribution in [2.75, 3.05) is 13.1 Å². The second kappa shape index (κ2) is 7.86. The first-order chi connectivity index (χ1) is 9.06. The smallest absolute Gasteiger partial charge is 0.123 e. The molecule has 0 aromatic heterocycles. The van der Waals surface area contributed by atoms with Crippen molar-refractivity contribution in [2.24, 2.45) is 5.41 Å². The fourth-order valence-corrected chi connectivity index (χ4v) is 2.61. The minimum Gasteiger partial charge on any atom is -0.316 e. The largest absolute Gasteiger partial charge is 0.316 e. The minimum absolute atomic E-state index is 0.159. The van der Waals surface area contributed by atoms with Crippen LogP contribution in [0.5, 0.6) is 0 Å². The van der Waals surface area contributed by atoms with Crippen molar-refractivity contribution in [3.8, 4) is 0 Å². The fraction of sp³-hybridized carbons (Fsp3) is 0.625. The lowest BCUT2D eigenvalue weighted by Crippen LogP contribution is -2.35. The molecule has 0 amide bonds. The summed E-state index contributed by atoms with van der Waals surface area (Å²) in [4.78, 5) is 0. The monoisotopic (exact) mass is 285 g/mol. The zero-order valence-electron chi connectivity index (χ0n) is 12.2. The van der Waals surface area contributed by atoms with Gasteiger partial charge < -0.3 is 5.32 Å². The highest BCUT2D eigenvalue weighted by atomic mass is 35.5. The molecule has 0 radical (unpaired) electrons.